The molecule has 0 radical (unpaired) electrons. The lowest BCUT2D eigenvalue weighted by Crippen LogP contribution is -2.30. The zero-order valence-corrected chi connectivity index (χ0v) is 10.7. The van der Waals surface area contributed by atoms with Gasteiger partial charge in [0.05, 0.1) is 16.8 Å². The summed E-state index contributed by atoms with van der Waals surface area (Å²) in [7, 11) is 0. The molecule has 96 valence electrons. The molecule has 0 spiro atoms. The molecule has 0 aromatic carbocycles. The van der Waals surface area contributed by atoms with Crippen molar-refractivity contribution < 1.29 is 18.7 Å². The first-order valence-electron chi connectivity index (χ1n) is 4.85. The van der Waals surface area contributed by atoms with Crippen LogP contribution < -0.4 is 5.32 Å². The van der Waals surface area contributed by atoms with E-state index in [0.717, 1.165) is 0 Å². The molecule has 1 rings (SSSR count). The van der Waals surface area contributed by atoms with Crippen LogP contribution >= 0.6 is 15.9 Å². The Kier molecular flexibility index (Phi) is 5.01. The van der Waals surface area contributed by atoms with Crippen LogP contribution in [-0.4, -0.2) is 33.9 Å². The molecule has 2 N–H and O–H groups in total. The van der Waals surface area contributed by atoms with Gasteiger partial charge in [0.15, 0.2) is 0 Å². The second-order valence-electron chi connectivity index (χ2n) is 3.32. The number of nitrogens with one attached hydrogen (secondary N) is 1. The maximum absolute atomic E-state index is 12.5. The number of aromatic nitrogens is 2. The molecule has 0 unspecified atom stereocenters. The molecule has 17 heavy (non-hydrogen) atoms. The third kappa shape index (κ3) is 3.47. The number of rotatable bonds is 5. The average Bonchev–Trinajstić information content (AvgIpc) is 2.55. The van der Waals surface area contributed by atoms with Crippen LogP contribution in [0.4, 0.5) is 8.78 Å². The van der Waals surface area contributed by atoms with Gasteiger partial charge in [-0.2, -0.15) is 5.10 Å². The molecular weight excluding hydrogens is 300 g/mol. The molecule has 1 aromatic heterocycles. The number of hydrogen-bond donors (Lipinski definition) is 2. The van der Waals surface area contributed by atoms with Crippen LogP contribution in [0.2, 0.25) is 0 Å². The Morgan fingerprint density at radius 2 is 2.29 bits per heavy atom. The van der Waals surface area contributed by atoms with Gasteiger partial charge in [0.25, 0.3) is 6.43 Å². The summed E-state index contributed by atoms with van der Waals surface area (Å²) in [5, 5.41) is 14.6. The van der Waals surface area contributed by atoms with Crippen molar-refractivity contribution in [2.75, 3.05) is 13.2 Å². The fourth-order valence-electron chi connectivity index (χ4n) is 1.23. The fraction of sp³-hybridized carbons (Fsp3) is 0.556. The molecule has 0 aliphatic carbocycles. The summed E-state index contributed by atoms with van der Waals surface area (Å²) in [5.41, 5.74) is 0.0805. The third-order valence-electron chi connectivity index (χ3n) is 2.09. The van der Waals surface area contributed by atoms with Crippen LogP contribution in [0.5, 0.6) is 0 Å². The minimum absolute atomic E-state index is 0.127. The van der Waals surface area contributed by atoms with E-state index in [0.29, 0.717) is 5.69 Å². The van der Waals surface area contributed by atoms with Crippen molar-refractivity contribution in [3.8, 4) is 0 Å². The minimum atomic E-state index is -2.69. The Hall–Kier alpha value is -1.02. The van der Waals surface area contributed by atoms with Gasteiger partial charge in [0.2, 0.25) is 5.91 Å². The zero-order valence-electron chi connectivity index (χ0n) is 9.08. The van der Waals surface area contributed by atoms with Crippen LogP contribution in [0, 0.1) is 6.92 Å². The van der Waals surface area contributed by atoms with E-state index in [-0.39, 0.29) is 29.9 Å². The highest BCUT2D eigenvalue weighted by Gasteiger charge is 2.20. The summed E-state index contributed by atoms with van der Waals surface area (Å²) in [6.45, 7) is 1.39. The molecule has 0 aliphatic rings. The maximum Gasteiger partial charge on any atom is 0.283 e. The Morgan fingerprint density at radius 3 is 2.76 bits per heavy atom. The van der Waals surface area contributed by atoms with Crippen LogP contribution in [0.25, 0.3) is 0 Å². The van der Waals surface area contributed by atoms with Crippen molar-refractivity contribution in [3.05, 3.63) is 15.9 Å². The molecule has 0 bridgehead atoms. The smallest absolute Gasteiger partial charge is 0.283 e. The van der Waals surface area contributed by atoms with Crippen LogP contribution in [-0.2, 0) is 11.3 Å². The van der Waals surface area contributed by atoms with Gasteiger partial charge in [0, 0.05) is 6.54 Å². The highest BCUT2D eigenvalue weighted by Crippen LogP contribution is 2.28. The lowest BCUT2D eigenvalue weighted by molar-refractivity contribution is -0.122. The van der Waals surface area contributed by atoms with Gasteiger partial charge in [-0.1, -0.05) is 0 Å². The number of carbonyl (C=O) groups is 1. The average molecular weight is 312 g/mol. The molecule has 0 atom stereocenters. The number of carbonyl (C=O) groups excluding carboxylic acids is 1. The maximum atomic E-state index is 12.5. The highest BCUT2D eigenvalue weighted by atomic mass is 79.9. The van der Waals surface area contributed by atoms with Crippen LogP contribution in [0.1, 0.15) is 17.8 Å². The summed E-state index contributed by atoms with van der Waals surface area (Å²) in [6, 6.07) is 0. The molecule has 8 heteroatoms. The SMILES string of the molecule is Cc1c(Br)c(C(F)F)nn1CC(=O)NCCO. The highest BCUT2D eigenvalue weighted by molar-refractivity contribution is 9.10. The lowest BCUT2D eigenvalue weighted by atomic mass is 10.4. The topological polar surface area (TPSA) is 67.2 Å². The number of amides is 1. The summed E-state index contributed by atoms with van der Waals surface area (Å²) in [5.74, 6) is -0.391. The van der Waals surface area contributed by atoms with Crippen molar-refractivity contribution in [1.29, 1.82) is 0 Å². The number of nitrogens with zero attached hydrogens (tertiary/aromatic N) is 2. The standard InChI is InChI=1S/C9H12BrF2N3O2/c1-5-7(10)8(9(11)12)14-15(5)4-6(17)13-2-3-16/h9,16H,2-4H2,1H3,(H,13,17). The molecular formula is C9H12BrF2N3O2. The van der Waals surface area contributed by atoms with Gasteiger partial charge in [0.1, 0.15) is 12.2 Å². The Balaban J connectivity index is 2.78. The minimum Gasteiger partial charge on any atom is -0.395 e. The van der Waals surface area contributed by atoms with E-state index >= 15 is 0 Å². The van der Waals surface area contributed by atoms with Crippen molar-refractivity contribution in [2.45, 2.75) is 19.9 Å². The van der Waals surface area contributed by atoms with Gasteiger partial charge in [-0.05, 0) is 22.9 Å². The number of hydrogen-bond acceptors (Lipinski definition) is 3. The van der Waals surface area contributed by atoms with E-state index in [9.17, 15) is 13.6 Å². The summed E-state index contributed by atoms with van der Waals surface area (Å²) in [4.78, 5) is 11.3. The molecule has 0 aliphatic heterocycles. The monoisotopic (exact) mass is 311 g/mol. The second kappa shape index (κ2) is 6.06. The summed E-state index contributed by atoms with van der Waals surface area (Å²) in [6.07, 6.45) is -2.69. The number of alkyl halides is 2. The summed E-state index contributed by atoms with van der Waals surface area (Å²) >= 11 is 3.01. The predicted molar refractivity (Wildman–Crippen MR) is 59.7 cm³/mol. The molecule has 0 fully saturated rings. The van der Waals surface area contributed by atoms with Crippen molar-refractivity contribution in [2.24, 2.45) is 0 Å². The number of halogens is 3. The summed E-state index contributed by atoms with van der Waals surface area (Å²) < 4.78 is 26.4. The van der Waals surface area contributed by atoms with Gasteiger partial charge in [-0.25, -0.2) is 8.78 Å². The molecule has 1 aromatic rings. The van der Waals surface area contributed by atoms with E-state index in [1.54, 1.807) is 6.92 Å². The van der Waals surface area contributed by atoms with Crippen LogP contribution in [0.3, 0.4) is 0 Å². The Bertz CT molecular complexity index is 409. The number of aliphatic hydroxyl groups excluding tert-OH is 1. The molecule has 5 nitrogen and oxygen atoms in total. The molecule has 1 amide bonds. The lowest BCUT2D eigenvalue weighted by Gasteiger charge is -2.05. The van der Waals surface area contributed by atoms with Crippen LogP contribution in [0.15, 0.2) is 4.47 Å². The second-order valence-corrected chi connectivity index (χ2v) is 4.11. The van der Waals surface area contributed by atoms with E-state index in [4.69, 9.17) is 5.11 Å². The third-order valence-corrected chi connectivity index (χ3v) is 3.07. The molecule has 1 heterocycles. The largest absolute Gasteiger partial charge is 0.395 e. The van der Waals surface area contributed by atoms with E-state index in [1.807, 2.05) is 0 Å². The van der Waals surface area contributed by atoms with E-state index in [2.05, 4.69) is 26.3 Å². The first-order valence-corrected chi connectivity index (χ1v) is 5.65. The molecule has 0 saturated carbocycles. The van der Waals surface area contributed by atoms with Gasteiger partial charge < -0.3 is 10.4 Å². The Morgan fingerprint density at radius 1 is 1.65 bits per heavy atom. The van der Waals surface area contributed by atoms with E-state index in [1.165, 1.54) is 4.68 Å². The predicted octanol–water partition coefficient (Wildman–Crippen LogP) is 1.00. The van der Waals surface area contributed by atoms with E-state index < -0.39 is 12.3 Å². The quantitative estimate of drug-likeness (QED) is 0.852. The normalized spacial score (nSPS) is 10.9. The van der Waals surface area contributed by atoms with Gasteiger partial charge >= 0.3 is 0 Å². The Labute approximate surface area is 105 Å². The first kappa shape index (κ1) is 14.0. The van der Waals surface area contributed by atoms with Crippen molar-refractivity contribution in [1.82, 2.24) is 15.1 Å². The first-order chi connectivity index (χ1) is 7.97. The fourth-order valence-corrected chi connectivity index (χ4v) is 1.69. The van der Waals surface area contributed by atoms with Gasteiger partial charge in [-0.15, -0.1) is 0 Å². The van der Waals surface area contributed by atoms with Crippen molar-refractivity contribution >= 4 is 21.8 Å². The van der Waals surface area contributed by atoms with Gasteiger partial charge in [-0.3, -0.25) is 9.48 Å². The van der Waals surface area contributed by atoms with Crippen molar-refractivity contribution in [3.63, 3.8) is 0 Å². The molecule has 0 saturated heterocycles. The number of aliphatic hydroxyl groups is 1. The zero-order chi connectivity index (χ0) is 13.0.